The van der Waals surface area contributed by atoms with Crippen molar-refractivity contribution >= 4 is 22.9 Å². The average molecular weight is 320 g/mol. The van der Waals surface area contributed by atoms with Crippen LogP contribution in [0.5, 0.6) is 0 Å². The molecular formula is C15H20N4O4. The summed E-state index contributed by atoms with van der Waals surface area (Å²) >= 11 is 0. The third-order valence-electron chi connectivity index (χ3n) is 3.85. The molecule has 2 aromatic rings. The molecule has 0 unspecified atom stereocenters. The highest BCUT2D eigenvalue weighted by Gasteiger charge is 2.20. The topological polar surface area (TPSA) is 106 Å². The lowest BCUT2D eigenvalue weighted by atomic mass is 10.0. The third kappa shape index (κ3) is 3.10. The Morgan fingerprint density at radius 2 is 2.04 bits per heavy atom. The molecule has 8 heteroatoms. The highest BCUT2D eigenvalue weighted by molar-refractivity contribution is 5.87. The quantitative estimate of drug-likeness (QED) is 0.777. The van der Waals surface area contributed by atoms with Crippen molar-refractivity contribution in [2.24, 2.45) is 7.05 Å². The number of H-pyrrole nitrogens is 1. The number of carbonyl (C=O) groups excluding carboxylic acids is 2. The number of fused-ring (bicyclic) bond motifs is 1. The standard InChI is InChI=1S/C15H20N4O4/c1-7-10(6-11(20)16-9(3)15(22)23-5)8(2)17-13-12(7)14(21)18-19(13)4/h9H,6H2,1-5H3,(H,16,20)(H,18,21)/t9-/m0/s1. The first-order chi connectivity index (χ1) is 10.8. The first-order valence-electron chi connectivity index (χ1n) is 7.18. The number of hydrogen-bond acceptors (Lipinski definition) is 5. The Labute approximate surface area is 132 Å². The summed E-state index contributed by atoms with van der Waals surface area (Å²) in [5.41, 5.74) is 2.39. The summed E-state index contributed by atoms with van der Waals surface area (Å²) in [6.07, 6.45) is 0.0380. The monoisotopic (exact) mass is 320 g/mol. The van der Waals surface area contributed by atoms with Gasteiger partial charge in [-0.2, -0.15) is 0 Å². The summed E-state index contributed by atoms with van der Waals surface area (Å²) in [5.74, 6) is -0.845. The van der Waals surface area contributed by atoms with E-state index in [1.165, 1.54) is 7.11 Å². The largest absolute Gasteiger partial charge is 0.467 e. The van der Waals surface area contributed by atoms with Gasteiger partial charge in [0.25, 0.3) is 5.56 Å². The zero-order valence-electron chi connectivity index (χ0n) is 13.8. The van der Waals surface area contributed by atoms with Crippen molar-refractivity contribution in [2.45, 2.75) is 33.2 Å². The molecule has 0 saturated heterocycles. The van der Waals surface area contributed by atoms with Crippen LogP contribution in [-0.4, -0.2) is 39.8 Å². The number of nitrogens with zero attached hydrogens (tertiary/aromatic N) is 2. The second-order valence-corrected chi connectivity index (χ2v) is 5.49. The first kappa shape index (κ1) is 16.7. The van der Waals surface area contributed by atoms with Crippen molar-refractivity contribution in [1.29, 1.82) is 0 Å². The maximum Gasteiger partial charge on any atom is 0.328 e. The van der Waals surface area contributed by atoms with Crippen LogP contribution in [0, 0.1) is 13.8 Å². The summed E-state index contributed by atoms with van der Waals surface area (Å²) in [6.45, 7) is 5.13. The number of carbonyl (C=O) groups is 2. The lowest BCUT2D eigenvalue weighted by Crippen LogP contribution is -2.40. The van der Waals surface area contributed by atoms with Crippen molar-refractivity contribution in [1.82, 2.24) is 20.1 Å². The van der Waals surface area contributed by atoms with Crippen molar-refractivity contribution in [2.75, 3.05) is 7.11 Å². The minimum Gasteiger partial charge on any atom is -0.467 e. The molecule has 0 spiro atoms. The Kier molecular flexibility index (Phi) is 4.53. The summed E-state index contributed by atoms with van der Waals surface area (Å²) in [6, 6.07) is -0.732. The van der Waals surface area contributed by atoms with E-state index in [2.05, 4.69) is 20.1 Å². The van der Waals surface area contributed by atoms with Crippen molar-refractivity contribution in [3.8, 4) is 0 Å². The molecule has 0 aliphatic heterocycles. The molecule has 0 saturated carbocycles. The van der Waals surface area contributed by atoms with Gasteiger partial charge < -0.3 is 10.1 Å². The zero-order valence-corrected chi connectivity index (χ0v) is 13.8. The molecule has 0 aliphatic rings. The molecule has 8 nitrogen and oxygen atoms in total. The highest BCUT2D eigenvalue weighted by Crippen LogP contribution is 2.20. The number of aryl methyl sites for hydroxylation is 3. The minimum absolute atomic E-state index is 0.0380. The molecule has 2 N–H and O–H groups in total. The van der Waals surface area contributed by atoms with Gasteiger partial charge in [0.2, 0.25) is 5.91 Å². The van der Waals surface area contributed by atoms with E-state index >= 15 is 0 Å². The number of nitrogens with one attached hydrogen (secondary N) is 2. The van der Waals surface area contributed by atoms with Gasteiger partial charge in [0.05, 0.1) is 18.9 Å². The van der Waals surface area contributed by atoms with Gasteiger partial charge >= 0.3 is 5.97 Å². The number of aromatic amines is 1. The first-order valence-corrected chi connectivity index (χ1v) is 7.18. The van der Waals surface area contributed by atoms with Crippen molar-refractivity contribution < 1.29 is 14.3 Å². The Balaban J connectivity index is 2.34. The van der Waals surface area contributed by atoms with Crippen LogP contribution in [0.1, 0.15) is 23.7 Å². The number of rotatable bonds is 4. The fourth-order valence-corrected chi connectivity index (χ4v) is 2.60. The van der Waals surface area contributed by atoms with E-state index in [9.17, 15) is 14.4 Å². The lowest BCUT2D eigenvalue weighted by molar-refractivity contribution is -0.144. The molecule has 1 amide bonds. The summed E-state index contributed by atoms with van der Waals surface area (Å²) < 4.78 is 6.13. The summed E-state index contributed by atoms with van der Waals surface area (Å²) in [4.78, 5) is 39.9. The number of ether oxygens (including phenoxy) is 1. The smallest absolute Gasteiger partial charge is 0.328 e. The van der Waals surface area contributed by atoms with Crippen LogP contribution < -0.4 is 10.9 Å². The molecule has 124 valence electrons. The predicted molar refractivity (Wildman–Crippen MR) is 84.1 cm³/mol. The van der Waals surface area contributed by atoms with Crippen LogP contribution in [0.3, 0.4) is 0 Å². The van der Waals surface area contributed by atoms with E-state index in [0.717, 1.165) is 5.56 Å². The van der Waals surface area contributed by atoms with Gasteiger partial charge in [-0.15, -0.1) is 0 Å². The number of hydrogen-bond donors (Lipinski definition) is 2. The van der Waals surface area contributed by atoms with Crippen LogP contribution in [0.4, 0.5) is 0 Å². The van der Waals surface area contributed by atoms with E-state index in [1.807, 2.05) is 0 Å². The molecule has 0 bridgehead atoms. The Morgan fingerprint density at radius 1 is 1.39 bits per heavy atom. The van der Waals surface area contributed by atoms with E-state index in [0.29, 0.717) is 22.3 Å². The fourth-order valence-electron chi connectivity index (χ4n) is 2.60. The Bertz CT molecular complexity index is 834. The number of pyridine rings is 1. The molecule has 0 fully saturated rings. The molecule has 1 atom stereocenters. The Hall–Kier alpha value is -2.64. The van der Waals surface area contributed by atoms with Crippen LogP contribution in [0.2, 0.25) is 0 Å². The van der Waals surface area contributed by atoms with Gasteiger partial charge in [-0.05, 0) is 31.9 Å². The van der Waals surface area contributed by atoms with Gasteiger partial charge in [-0.1, -0.05) is 0 Å². The average Bonchev–Trinajstić information content (AvgIpc) is 2.76. The zero-order chi connectivity index (χ0) is 17.3. The van der Waals surface area contributed by atoms with Gasteiger partial charge in [0.1, 0.15) is 6.04 Å². The second-order valence-electron chi connectivity index (χ2n) is 5.49. The minimum atomic E-state index is -0.732. The lowest BCUT2D eigenvalue weighted by Gasteiger charge is -2.14. The van der Waals surface area contributed by atoms with Gasteiger partial charge in [-0.25, -0.2) is 9.78 Å². The van der Waals surface area contributed by atoms with Crippen molar-refractivity contribution in [3.63, 3.8) is 0 Å². The SMILES string of the molecule is COC(=O)[C@H](C)NC(=O)Cc1c(C)nc2c(c1C)c(=O)[nH]n2C. The summed E-state index contributed by atoms with van der Waals surface area (Å²) in [7, 11) is 2.97. The molecular weight excluding hydrogens is 300 g/mol. The number of methoxy groups -OCH3 is 1. The molecule has 0 aromatic carbocycles. The molecule has 2 rings (SSSR count). The predicted octanol–water partition coefficient (Wildman–Crippen LogP) is 0.0986. The van der Waals surface area contributed by atoms with Crippen LogP contribution in [0.25, 0.3) is 11.0 Å². The van der Waals surface area contributed by atoms with E-state index in [4.69, 9.17) is 0 Å². The van der Waals surface area contributed by atoms with Gasteiger partial charge in [0, 0.05) is 12.7 Å². The van der Waals surface area contributed by atoms with E-state index in [-0.39, 0.29) is 17.9 Å². The maximum atomic E-state index is 12.1. The molecule has 2 heterocycles. The number of amides is 1. The fraction of sp³-hybridized carbons (Fsp3) is 0.467. The maximum absolute atomic E-state index is 12.1. The van der Waals surface area contributed by atoms with E-state index < -0.39 is 12.0 Å². The number of aromatic nitrogens is 3. The van der Waals surface area contributed by atoms with Gasteiger partial charge in [0.15, 0.2) is 5.65 Å². The molecule has 2 aromatic heterocycles. The highest BCUT2D eigenvalue weighted by atomic mass is 16.5. The normalized spacial score (nSPS) is 12.2. The van der Waals surface area contributed by atoms with Crippen LogP contribution in [0.15, 0.2) is 4.79 Å². The molecule has 0 radical (unpaired) electrons. The molecule has 23 heavy (non-hydrogen) atoms. The number of esters is 1. The molecule has 0 aliphatic carbocycles. The second kappa shape index (κ2) is 6.23. The Morgan fingerprint density at radius 3 is 2.65 bits per heavy atom. The summed E-state index contributed by atoms with van der Waals surface area (Å²) in [5, 5.41) is 5.70. The van der Waals surface area contributed by atoms with Crippen LogP contribution in [-0.2, 0) is 27.8 Å². The van der Waals surface area contributed by atoms with E-state index in [1.54, 1.807) is 32.5 Å². The van der Waals surface area contributed by atoms with Gasteiger partial charge in [-0.3, -0.25) is 19.4 Å². The van der Waals surface area contributed by atoms with Crippen LogP contribution >= 0.6 is 0 Å². The third-order valence-corrected chi connectivity index (χ3v) is 3.85. The van der Waals surface area contributed by atoms with Crippen molar-refractivity contribution in [3.05, 3.63) is 27.2 Å².